The highest BCUT2D eigenvalue weighted by Crippen LogP contribution is 2.44. The average molecular weight is 470 g/mol. The van der Waals surface area contributed by atoms with E-state index in [4.69, 9.17) is 18.9 Å². The van der Waals surface area contributed by atoms with Gasteiger partial charge in [-0.1, -0.05) is 48.5 Å². The SMILES string of the molecule is CN(C(=O)OCC1c2ccccc2-c2ccccc21)C(COCCOC1CCCCO1)C(=O)O. The Morgan fingerprint density at radius 1 is 1.06 bits per heavy atom. The molecule has 2 atom stereocenters. The van der Waals surface area contributed by atoms with E-state index >= 15 is 0 Å². The van der Waals surface area contributed by atoms with Gasteiger partial charge in [0, 0.05) is 19.6 Å². The largest absolute Gasteiger partial charge is 0.480 e. The number of carboxylic acid groups (broad SMARTS) is 1. The Labute approximate surface area is 199 Å². The van der Waals surface area contributed by atoms with Gasteiger partial charge in [-0.3, -0.25) is 4.90 Å². The van der Waals surface area contributed by atoms with Gasteiger partial charge in [0.05, 0.1) is 19.8 Å². The molecule has 2 aliphatic rings. The number of benzene rings is 2. The quantitative estimate of drug-likeness (QED) is 0.528. The van der Waals surface area contributed by atoms with Gasteiger partial charge in [-0.25, -0.2) is 9.59 Å². The third kappa shape index (κ3) is 5.58. The van der Waals surface area contributed by atoms with Crippen LogP contribution in [0.3, 0.4) is 0 Å². The van der Waals surface area contributed by atoms with Gasteiger partial charge in [0.2, 0.25) is 0 Å². The number of carbonyl (C=O) groups excluding carboxylic acids is 1. The predicted molar refractivity (Wildman–Crippen MR) is 125 cm³/mol. The molecule has 0 spiro atoms. The van der Waals surface area contributed by atoms with Crippen molar-refractivity contribution in [2.75, 3.05) is 40.1 Å². The number of carboxylic acids is 1. The molecule has 1 saturated heterocycles. The fourth-order valence-corrected chi connectivity index (χ4v) is 4.45. The minimum absolute atomic E-state index is 0.0940. The van der Waals surface area contributed by atoms with Crippen molar-refractivity contribution >= 4 is 12.1 Å². The maximum atomic E-state index is 12.7. The molecule has 0 bridgehead atoms. The Bertz CT molecular complexity index is 943. The highest BCUT2D eigenvalue weighted by molar-refractivity contribution is 5.81. The molecular weight excluding hydrogens is 438 g/mol. The molecule has 1 aliphatic heterocycles. The number of hydrogen-bond acceptors (Lipinski definition) is 6. The molecule has 1 aliphatic carbocycles. The monoisotopic (exact) mass is 469 g/mol. The number of nitrogens with zero attached hydrogens (tertiary/aromatic N) is 1. The fraction of sp³-hybridized carbons (Fsp3) is 0.462. The Kier molecular flexibility index (Phi) is 8.16. The number of likely N-dealkylation sites (N-methyl/N-ethyl adjacent to an activating group) is 1. The molecule has 1 heterocycles. The zero-order valence-electron chi connectivity index (χ0n) is 19.4. The van der Waals surface area contributed by atoms with Gasteiger partial charge >= 0.3 is 12.1 Å². The van der Waals surface area contributed by atoms with Crippen LogP contribution in [-0.2, 0) is 23.7 Å². The van der Waals surface area contributed by atoms with E-state index in [0.29, 0.717) is 13.2 Å². The van der Waals surface area contributed by atoms with Crippen molar-refractivity contribution in [3.05, 3.63) is 59.7 Å². The first-order valence-electron chi connectivity index (χ1n) is 11.7. The van der Waals surface area contributed by atoms with Gasteiger partial charge < -0.3 is 24.1 Å². The highest BCUT2D eigenvalue weighted by atomic mass is 16.7. The molecule has 182 valence electrons. The normalized spacial score (nSPS) is 18.1. The van der Waals surface area contributed by atoms with Crippen LogP contribution in [0.2, 0.25) is 0 Å². The van der Waals surface area contributed by atoms with Crippen LogP contribution in [-0.4, -0.2) is 74.5 Å². The van der Waals surface area contributed by atoms with Crippen LogP contribution >= 0.6 is 0 Å². The van der Waals surface area contributed by atoms with E-state index in [1.807, 2.05) is 36.4 Å². The van der Waals surface area contributed by atoms with Gasteiger partial charge in [0.25, 0.3) is 0 Å². The zero-order chi connectivity index (χ0) is 23.9. The summed E-state index contributed by atoms with van der Waals surface area (Å²) >= 11 is 0. The summed E-state index contributed by atoms with van der Waals surface area (Å²) in [6.07, 6.45) is 2.03. The molecule has 0 radical (unpaired) electrons. The number of ether oxygens (including phenoxy) is 4. The summed E-state index contributed by atoms with van der Waals surface area (Å²) in [6, 6.07) is 14.9. The van der Waals surface area contributed by atoms with E-state index in [0.717, 1.165) is 46.4 Å². The topological polar surface area (TPSA) is 94.5 Å². The summed E-state index contributed by atoms with van der Waals surface area (Å²) in [6.45, 7) is 1.16. The van der Waals surface area contributed by atoms with Gasteiger partial charge in [0.1, 0.15) is 6.61 Å². The number of amides is 1. The highest BCUT2D eigenvalue weighted by Gasteiger charge is 2.32. The van der Waals surface area contributed by atoms with Crippen LogP contribution in [0.15, 0.2) is 48.5 Å². The predicted octanol–water partition coefficient (Wildman–Crippen LogP) is 3.88. The molecule has 0 saturated carbocycles. The standard InChI is InChI=1S/C26H31NO7/c1-27(23(25(28)29)17-31-14-15-33-24-12-6-7-13-32-24)26(30)34-16-22-20-10-4-2-8-18(20)19-9-3-5-11-21(19)22/h2-5,8-11,22-24H,6-7,12-17H2,1H3,(H,28,29). The van der Waals surface area contributed by atoms with E-state index in [2.05, 4.69) is 12.1 Å². The lowest BCUT2D eigenvalue weighted by molar-refractivity contribution is -0.170. The number of hydrogen-bond donors (Lipinski definition) is 1. The third-order valence-corrected chi connectivity index (χ3v) is 6.32. The molecular formula is C26H31NO7. The summed E-state index contributed by atoms with van der Waals surface area (Å²) < 4.78 is 22.1. The van der Waals surface area contributed by atoms with Crippen LogP contribution < -0.4 is 0 Å². The van der Waals surface area contributed by atoms with Gasteiger partial charge in [-0.2, -0.15) is 0 Å². The Hall–Kier alpha value is -2.94. The first-order chi connectivity index (χ1) is 16.6. The van der Waals surface area contributed by atoms with Crippen LogP contribution in [0.25, 0.3) is 11.1 Å². The van der Waals surface area contributed by atoms with Crippen LogP contribution in [0.4, 0.5) is 4.79 Å². The maximum absolute atomic E-state index is 12.7. The third-order valence-electron chi connectivity index (χ3n) is 6.32. The Balaban J connectivity index is 1.28. The number of rotatable bonds is 10. The molecule has 1 amide bonds. The summed E-state index contributed by atoms with van der Waals surface area (Å²) in [7, 11) is 1.41. The molecule has 2 unspecified atom stereocenters. The Morgan fingerprint density at radius 3 is 2.35 bits per heavy atom. The molecule has 4 rings (SSSR count). The summed E-state index contributed by atoms with van der Waals surface area (Å²) in [4.78, 5) is 25.5. The second-order valence-corrected chi connectivity index (χ2v) is 8.51. The van der Waals surface area contributed by atoms with Crippen molar-refractivity contribution in [1.29, 1.82) is 0 Å². The zero-order valence-corrected chi connectivity index (χ0v) is 19.4. The van der Waals surface area contributed by atoms with Crippen molar-refractivity contribution in [1.82, 2.24) is 4.90 Å². The lowest BCUT2D eigenvalue weighted by atomic mass is 9.98. The second kappa shape index (κ2) is 11.5. The van der Waals surface area contributed by atoms with E-state index in [-0.39, 0.29) is 32.0 Å². The molecule has 1 fully saturated rings. The number of carbonyl (C=O) groups is 2. The summed E-state index contributed by atoms with van der Waals surface area (Å²) in [5, 5.41) is 9.61. The summed E-state index contributed by atoms with van der Waals surface area (Å²) in [5.74, 6) is -1.25. The van der Waals surface area contributed by atoms with E-state index in [1.54, 1.807) is 0 Å². The van der Waals surface area contributed by atoms with E-state index in [1.165, 1.54) is 7.05 Å². The van der Waals surface area contributed by atoms with Gasteiger partial charge in [-0.05, 0) is 41.5 Å². The van der Waals surface area contributed by atoms with Gasteiger partial charge in [0.15, 0.2) is 12.3 Å². The molecule has 1 N–H and O–H groups in total. The maximum Gasteiger partial charge on any atom is 0.410 e. The summed E-state index contributed by atoms with van der Waals surface area (Å²) in [5.41, 5.74) is 4.45. The number of aliphatic carboxylic acids is 1. The Morgan fingerprint density at radius 2 is 1.74 bits per heavy atom. The van der Waals surface area contributed by atoms with Crippen LogP contribution in [0.1, 0.15) is 36.3 Å². The second-order valence-electron chi connectivity index (χ2n) is 8.51. The molecule has 2 aromatic carbocycles. The van der Waals surface area contributed by atoms with Crippen molar-refractivity contribution in [3.8, 4) is 11.1 Å². The number of fused-ring (bicyclic) bond motifs is 3. The molecule has 8 nitrogen and oxygen atoms in total. The molecule has 2 aromatic rings. The lowest BCUT2D eigenvalue weighted by Crippen LogP contribution is -2.46. The minimum atomic E-state index is -1.17. The fourth-order valence-electron chi connectivity index (χ4n) is 4.45. The van der Waals surface area contributed by atoms with Crippen molar-refractivity contribution in [2.24, 2.45) is 0 Å². The molecule has 34 heavy (non-hydrogen) atoms. The van der Waals surface area contributed by atoms with E-state index in [9.17, 15) is 14.7 Å². The minimum Gasteiger partial charge on any atom is -0.480 e. The average Bonchev–Trinajstić information content (AvgIpc) is 3.18. The first-order valence-corrected chi connectivity index (χ1v) is 11.7. The molecule has 0 aromatic heterocycles. The van der Waals surface area contributed by atoms with E-state index < -0.39 is 18.1 Å². The first kappa shape index (κ1) is 24.2. The van der Waals surface area contributed by atoms with Crippen molar-refractivity contribution in [3.63, 3.8) is 0 Å². The smallest absolute Gasteiger partial charge is 0.410 e. The lowest BCUT2D eigenvalue weighted by Gasteiger charge is -2.25. The van der Waals surface area contributed by atoms with Gasteiger partial charge in [-0.15, -0.1) is 0 Å². The van der Waals surface area contributed by atoms with Crippen molar-refractivity contribution in [2.45, 2.75) is 37.5 Å². The molecule has 8 heteroatoms. The van der Waals surface area contributed by atoms with Crippen LogP contribution in [0.5, 0.6) is 0 Å². The van der Waals surface area contributed by atoms with Crippen molar-refractivity contribution < 1.29 is 33.6 Å². The van der Waals surface area contributed by atoms with Crippen LogP contribution in [0, 0.1) is 0 Å².